The van der Waals surface area contributed by atoms with Gasteiger partial charge in [0.1, 0.15) is 0 Å². The number of anilines is 3. The van der Waals surface area contributed by atoms with Crippen molar-refractivity contribution in [3.63, 3.8) is 0 Å². The van der Waals surface area contributed by atoms with Crippen molar-refractivity contribution in [3.8, 4) is 27.9 Å². The first-order chi connectivity index (χ1) is 21.8. The molecule has 0 aliphatic heterocycles. The molecule has 2 nitrogen and oxygen atoms in total. The predicted octanol–water partition coefficient (Wildman–Crippen LogP) is 11.6. The van der Waals surface area contributed by atoms with Crippen LogP contribution in [0.3, 0.4) is 0 Å². The fourth-order valence-corrected chi connectivity index (χ4v) is 6.37. The first-order valence-corrected chi connectivity index (χ1v) is 15.0. The zero-order valence-electron chi connectivity index (χ0n) is 24.2. The maximum Gasteiger partial charge on any atom is 0.0547 e. The van der Waals surface area contributed by atoms with E-state index in [2.05, 4.69) is 191 Å². The van der Waals surface area contributed by atoms with Gasteiger partial charge in [-0.15, -0.1) is 0 Å². The van der Waals surface area contributed by atoms with Crippen molar-refractivity contribution >= 4 is 38.9 Å². The molecule has 0 saturated carbocycles. The normalized spacial score (nSPS) is 11.2. The number of benzene rings is 7. The molecule has 7 aromatic carbocycles. The number of nitrogens with zero attached hydrogens (tertiary/aromatic N) is 2. The van der Waals surface area contributed by atoms with Crippen LogP contribution in [0.4, 0.5) is 17.1 Å². The summed E-state index contributed by atoms with van der Waals surface area (Å²) in [6, 6.07) is 65.0. The van der Waals surface area contributed by atoms with Crippen molar-refractivity contribution in [3.05, 3.63) is 182 Å². The number of rotatable bonds is 6. The van der Waals surface area contributed by atoms with Gasteiger partial charge in [-0.3, -0.25) is 0 Å². The lowest BCUT2D eigenvalue weighted by atomic mass is 9.99. The number of fused-ring (bicyclic) bond motifs is 3. The van der Waals surface area contributed by atoms with Crippen LogP contribution >= 0.6 is 0 Å². The third-order valence-corrected chi connectivity index (χ3v) is 8.38. The molecule has 0 fully saturated rings. The predicted molar refractivity (Wildman–Crippen MR) is 186 cm³/mol. The maximum atomic E-state index is 2.39. The van der Waals surface area contributed by atoms with E-state index in [0.29, 0.717) is 0 Å². The van der Waals surface area contributed by atoms with Crippen LogP contribution in [-0.4, -0.2) is 4.57 Å². The highest BCUT2D eigenvalue weighted by Crippen LogP contribution is 2.42. The van der Waals surface area contributed by atoms with E-state index in [-0.39, 0.29) is 0 Å². The second kappa shape index (κ2) is 11.1. The zero-order valence-corrected chi connectivity index (χ0v) is 24.2. The third-order valence-electron chi connectivity index (χ3n) is 8.38. The molecule has 0 bridgehead atoms. The van der Waals surface area contributed by atoms with E-state index in [9.17, 15) is 0 Å². The molecule has 0 unspecified atom stereocenters. The molecular formula is C42H30N2. The maximum absolute atomic E-state index is 2.39. The van der Waals surface area contributed by atoms with E-state index in [1.54, 1.807) is 0 Å². The molecule has 0 aliphatic carbocycles. The average Bonchev–Trinajstić information content (AvgIpc) is 3.44. The summed E-state index contributed by atoms with van der Waals surface area (Å²) in [5, 5.41) is 2.48. The van der Waals surface area contributed by atoms with Gasteiger partial charge in [-0.1, -0.05) is 121 Å². The van der Waals surface area contributed by atoms with Crippen LogP contribution in [0.5, 0.6) is 0 Å². The molecule has 0 atom stereocenters. The summed E-state index contributed by atoms with van der Waals surface area (Å²) in [6.45, 7) is 0. The van der Waals surface area contributed by atoms with Gasteiger partial charge < -0.3 is 9.47 Å². The van der Waals surface area contributed by atoms with Gasteiger partial charge in [-0.05, 0) is 82.9 Å². The van der Waals surface area contributed by atoms with Gasteiger partial charge in [-0.25, -0.2) is 0 Å². The highest BCUT2D eigenvalue weighted by molar-refractivity contribution is 6.16. The Morgan fingerprint density at radius 1 is 0.364 bits per heavy atom. The zero-order chi connectivity index (χ0) is 29.3. The van der Waals surface area contributed by atoms with Crippen molar-refractivity contribution in [2.24, 2.45) is 0 Å². The Labute approximate surface area is 257 Å². The van der Waals surface area contributed by atoms with Gasteiger partial charge in [0.15, 0.2) is 0 Å². The highest BCUT2D eigenvalue weighted by Gasteiger charge is 2.19. The summed E-state index contributed by atoms with van der Waals surface area (Å²) in [5.74, 6) is 0. The van der Waals surface area contributed by atoms with Gasteiger partial charge in [0, 0.05) is 33.5 Å². The molecular weight excluding hydrogens is 532 g/mol. The molecule has 0 radical (unpaired) electrons. The first-order valence-electron chi connectivity index (χ1n) is 15.0. The minimum Gasteiger partial charge on any atom is -0.310 e. The summed E-state index contributed by atoms with van der Waals surface area (Å²) in [5.41, 5.74) is 11.8. The van der Waals surface area contributed by atoms with Crippen LogP contribution in [-0.2, 0) is 0 Å². The monoisotopic (exact) mass is 562 g/mol. The first kappa shape index (κ1) is 25.8. The van der Waals surface area contributed by atoms with E-state index in [0.717, 1.165) is 22.7 Å². The molecule has 2 heteroatoms. The van der Waals surface area contributed by atoms with Crippen molar-refractivity contribution in [2.75, 3.05) is 4.90 Å². The molecule has 0 aliphatic rings. The number of para-hydroxylation sites is 2. The minimum atomic E-state index is 1.12. The molecule has 44 heavy (non-hydrogen) atoms. The minimum absolute atomic E-state index is 1.12. The van der Waals surface area contributed by atoms with Crippen LogP contribution in [0.15, 0.2) is 182 Å². The molecule has 0 amide bonds. The molecule has 0 saturated heterocycles. The van der Waals surface area contributed by atoms with Gasteiger partial charge in [0.05, 0.1) is 11.0 Å². The molecule has 1 heterocycles. The van der Waals surface area contributed by atoms with Crippen molar-refractivity contribution < 1.29 is 0 Å². The van der Waals surface area contributed by atoms with Crippen LogP contribution in [0.25, 0.3) is 49.7 Å². The molecule has 0 N–H and O–H groups in total. The molecule has 8 aromatic rings. The van der Waals surface area contributed by atoms with Crippen molar-refractivity contribution in [1.82, 2.24) is 4.57 Å². The molecule has 8 rings (SSSR count). The van der Waals surface area contributed by atoms with E-state index in [1.807, 2.05) is 0 Å². The van der Waals surface area contributed by atoms with E-state index < -0.39 is 0 Å². The Hall–Kier alpha value is -5.86. The standard InChI is InChI=1S/C42H30N2/c1-5-14-31(15-6-1)32-24-26-36(27-25-32)43(34-18-9-3-10-19-34)37-28-29-40-39(30-37)42-38(33-16-7-2-8-17-33)22-13-23-41(42)44(40)35-20-11-4-12-21-35/h1-30H. The average molecular weight is 563 g/mol. The SMILES string of the molecule is c1ccc(-c2ccc(N(c3ccccc3)c3ccc4c(c3)c3c(-c5ccccc5)cccc3n4-c3ccccc3)cc2)cc1. The molecule has 0 spiro atoms. The highest BCUT2D eigenvalue weighted by atomic mass is 15.1. The Balaban J connectivity index is 1.37. The van der Waals surface area contributed by atoms with Gasteiger partial charge in [0.25, 0.3) is 0 Å². The lowest BCUT2D eigenvalue weighted by Gasteiger charge is -2.26. The summed E-state index contributed by atoms with van der Waals surface area (Å²) in [4.78, 5) is 2.35. The topological polar surface area (TPSA) is 8.17 Å². The summed E-state index contributed by atoms with van der Waals surface area (Å²) < 4.78 is 2.39. The smallest absolute Gasteiger partial charge is 0.0547 e. The van der Waals surface area contributed by atoms with Crippen LogP contribution in [0.1, 0.15) is 0 Å². The van der Waals surface area contributed by atoms with E-state index in [4.69, 9.17) is 0 Å². The lowest BCUT2D eigenvalue weighted by Crippen LogP contribution is -2.09. The second-order valence-electron chi connectivity index (χ2n) is 11.0. The molecule has 208 valence electrons. The van der Waals surface area contributed by atoms with E-state index in [1.165, 1.54) is 44.1 Å². The number of hydrogen-bond donors (Lipinski definition) is 0. The summed E-state index contributed by atoms with van der Waals surface area (Å²) in [7, 11) is 0. The quantitative estimate of drug-likeness (QED) is 0.196. The van der Waals surface area contributed by atoms with Crippen LogP contribution in [0.2, 0.25) is 0 Å². The van der Waals surface area contributed by atoms with Crippen LogP contribution in [0, 0.1) is 0 Å². The Morgan fingerprint density at radius 2 is 0.909 bits per heavy atom. The molecule has 1 aromatic heterocycles. The second-order valence-corrected chi connectivity index (χ2v) is 11.0. The number of aromatic nitrogens is 1. The Bertz CT molecular complexity index is 2180. The Morgan fingerprint density at radius 3 is 1.59 bits per heavy atom. The van der Waals surface area contributed by atoms with Gasteiger partial charge in [-0.2, -0.15) is 0 Å². The summed E-state index contributed by atoms with van der Waals surface area (Å²) >= 11 is 0. The van der Waals surface area contributed by atoms with Gasteiger partial charge >= 0.3 is 0 Å². The fourth-order valence-electron chi connectivity index (χ4n) is 6.37. The van der Waals surface area contributed by atoms with Crippen molar-refractivity contribution in [1.29, 1.82) is 0 Å². The van der Waals surface area contributed by atoms with Gasteiger partial charge in [0.2, 0.25) is 0 Å². The third kappa shape index (κ3) is 4.54. The Kier molecular flexibility index (Phi) is 6.51. The number of hydrogen-bond acceptors (Lipinski definition) is 1. The van der Waals surface area contributed by atoms with E-state index >= 15 is 0 Å². The largest absolute Gasteiger partial charge is 0.310 e. The van der Waals surface area contributed by atoms with Crippen molar-refractivity contribution in [2.45, 2.75) is 0 Å². The van der Waals surface area contributed by atoms with Crippen LogP contribution < -0.4 is 4.90 Å². The summed E-state index contributed by atoms with van der Waals surface area (Å²) in [6.07, 6.45) is 0. The fraction of sp³-hybridized carbons (Fsp3) is 0. The lowest BCUT2D eigenvalue weighted by molar-refractivity contribution is 1.18.